The summed E-state index contributed by atoms with van der Waals surface area (Å²) in [6.45, 7) is 4.14. The van der Waals surface area contributed by atoms with Gasteiger partial charge in [-0.2, -0.15) is 0 Å². The first-order chi connectivity index (χ1) is 15.9. The summed E-state index contributed by atoms with van der Waals surface area (Å²) in [5.74, 6) is -0.683. The number of para-hydroxylation sites is 1. The standard InChI is InChI=1S/C27H20FNO4/c1-15(2)16-11-12-23-19(13-16)20(14-24(30)32-23)26-25(18-8-4-6-10-22(18)33-26)29-27(31)17-7-3-5-9-21(17)28/h3-15H,1-2H3,(H,29,31). The number of anilines is 1. The van der Waals surface area contributed by atoms with Gasteiger partial charge >= 0.3 is 5.63 Å². The van der Waals surface area contributed by atoms with Crippen LogP contribution in [0.4, 0.5) is 10.1 Å². The molecule has 1 amide bonds. The molecule has 164 valence electrons. The third-order valence-electron chi connectivity index (χ3n) is 5.63. The minimum atomic E-state index is -0.628. The van der Waals surface area contributed by atoms with Crippen LogP contribution < -0.4 is 10.9 Å². The van der Waals surface area contributed by atoms with E-state index in [1.807, 2.05) is 24.3 Å². The molecule has 3 aromatic carbocycles. The third kappa shape index (κ3) is 3.69. The number of carbonyl (C=O) groups is 1. The molecule has 0 saturated heterocycles. The monoisotopic (exact) mass is 441 g/mol. The molecule has 6 heteroatoms. The molecule has 2 aromatic heterocycles. The van der Waals surface area contributed by atoms with Gasteiger partial charge in [-0.15, -0.1) is 0 Å². The van der Waals surface area contributed by atoms with Crippen molar-refractivity contribution in [2.24, 2.45) is 0 Å². The molecule has 0 saturated carbocycles. The van der Waals surface area contributed by atoms with E-state index in [-0.39, 0.29) is 11.5 Å². The quantitative estimate of drug-likeness (QED) is 0.314. The Kier molecular flexibility index (Phi) is 5.05. The number of fused-ring (bicyclic) bond motifs is 2. The number of nitrogens with one attached hydrogen (secondary N) is 1. The average molecular weight is 441 g/mol. The summed E-state index contributed by atoms with van der Waals surface area (Å²) in [5.41, 5.74) is 2.22. The van der Waals surface area contributed by atoms with Gasteiger partial charge < -0.3 is 14.2 Å². The van der Waals surface area contributed by atoms with Gasteiger partial charge in [0.15, 0.2) is 5.76 Å². The van der Waals surface area contributed by atoms with Crippen LogP contribution in [0.25, 0.3) is 33.3 Å². The molecule has 0 aliphatic carbocycles. The van der Waals surface area contributed by atoms with Crippen LogP contribution in [0.5, 0.6) is 0 Å². The van der Waals surface area contributed by atoms with Crippen molar-refractivity contribution in [3.8, 4) is 11.3 Å². The summed E-state index contributed by atoms with van der Waals surface area (Å²) in [7, 11) is 0. The molecule has 2 heterocycles. The van der Waals surface area contributed by atoms with Crippen molar-refractivity contribution in [1.29, 1.82) is 0 Å². The second-order valence-corrected chi connectivity index (χ2v) is 8.13. The summed E-state index contributed by atoms with van der Waals surface area (Å²) < 4.78 is 25.8. The van der Waals surface area contributed by atoms with E-state index in [4.69, 9.17) is 8.83 Å². The van der Waals surface area contributed by atoms with Crippen molar-refractivity contribution in [2.45, 2.75) is 19.8 Å². The molecule has 0 spiro atoms. The second-order valence-electron chi connectivity index (χ2n) is 8.13. The van der Waals surface area contributed by atoms with Crippen LogP contribution in [0.1, 0.15) is 35.7 Å². The maximum Gasteiger partial charge on any atom is 0.336 e. The predicted molar refractivity (Wildman–Crippen MR) is 126 cm³/mol. The van der Waals surface area contributed by atoms with Crippen molar-refractivity contribution in [3.63, 3.8) is 0 Å². The smallest absolute Gasteiger partial charge is 0.336 e. The lowest BCUT2D eigenvalue weighted by Gasteiger charge is -2.11. The predicted octanol–water partition coefficient (Wildman–Crippen LogP) is 6.72. The van der Waals surface area contributed by atoms with Gasteiger partial charge in [0.1, 0.15) is 17.0 Å². The molecule has 33 heavy (non-hydrogen) atoms. The zero-order chi connectivity index (χ0) is 23.1. The number of benzene rings is 3. The Morgan fingerprint density at radius 2 is 1.61 bits per heavy atom. The molecule has 0 bridgehead atoms. The lowest BCUT2D eigenvalue weighted by Crippen LogP contribution is -2.14. The van der Waals surface area contributed by atoms with E-state index in [0.717, 1.165) is 5.56 Å². The summed E-state index contributed by atoms with van der Waals surface area (Å²) in [4.78, 5) is 25.3. The fraction of sp³-hybridized carbons (Fsp3) is 0.111. The number of amides is 1. The van der Waals surface area contributed by atoms with Crippen LogP contribution in [-0.4, -0.2) is 5.91 Å². The van der Waals surface area contributed by atoms with Crippen molar-refractivity contribution >= 4 is 33.5 Å². The topological polar surface area (TPSA) is 72.5 Å². The Balaban J connectivity index is 1.75. The molecule has 1 N–H and O–H groups in total. The van der Waals surface area contributed by atoms with E-state index < -0.39 is 17.3 Å². The number of furan rings is 1. The van der Waals surface area contributed by atoms with Crippen LogP contribution in [0.2, 0.25) is 0 Å². The summed E-state index contributed by atoms with van der Waals surface area (Å²) in [5, 5.41) is 4.12. The Morgan fingerprint density at radius 3 is 2.39 bits per heavy atom. The molecular formula is C27H20FNO4. The first kappa shape index (κ1) is 20.7. The summed E-state index contributed by atoms with van der Waals surface area (Å²) in [6.07, 6.45) is 0. The van der Waals surface area contributed by atoms with Crippen LogP contribution in [0, 0.1) is 5.82 Å². The zero-order valence-electron chi connectivity index (χ0n) is 18.0. The van der Waals surface area contributed by atoms with Gasteiger partial charge in [0.25, 0.3) is 5.91 Å². The lowest BCUT2D eigenvalue weighted by atomic mass is 9.98. The highest BCUT2D eigenvalue weighted by Gasteiger charge is 2.22. The van der Waals surface area contributed by atoms with E-state index in [9.17, 15) is 14.0 Å². The van der Waals surface area contributed by atoms with E-state index in [1.54, 1.807) is 24.3 Å². The van der Waals surface area contributed by atoms with E-state index in [1.165, 1.54) is 24.3 Å². The van der Waals surface area contributed by atoms with Gasteiger partial charge in [0.2, 0.25) is 0 Å². The van der Waals surface area contributed by atoms with Crippen LogP contribution in [-0.2, 0) is 0 Å². The van der Waals surface area contributed by atoms with Crippen molar-refractivity contribution in [3.05, 3.63) is 100 Å². The number of carbonyl (C=O) groups excluding carboxylic acids is 1. The molecule has 5 nitrogen and oxygen atoms in total. The minimum Gasteiger partial charge on any atom is -0.454 e. The lowest BCUT2D eigenvalue weighted by molar-refractivity contribution is 0.102. The number of hydrogen-bond donors (Lipinski definition) is 1. The summed E-state index contributed by atoms with van der Waals surface area (Å²) >= 11 is 0. The molecule has 5 aromatic rings. The molecule has 0 fully saturated rings. The zero-order valence-corrected chi connectivity index (χ0v) is 18.0. The van der Waals surface area contributed by atoms with Crippen LogP contribution in [0.3, 0.4) is 0 Å². The highest BCUT2D eigenvalue weighted by Crippen LogP contribution is 2.41. The first-order valence-corrected chi connectivity index (χ1v) is 10.6. The highest BCUT2D eigenvalue weighted by atomic mass is 19.1. The van der Waals surface area contributed by atoms with Crippen molar-refractivity contribution in [2.75, 3.05) is 5.32 Å². The second kappa shape index (κ2) is 8.06. The molecule has 5 rings (SSSR count). The van der Waals surface area contributed by atoms with Gasteiger partial charge in [-0.25, -0.2) is 9.18 Å². The van der Waals surface area contributed by atoms with Crippen molar-refractivity contribution in [1.82, 2.24) is 0 Å². The van der Waals surface area contributed by atoms with Gasteiger partial charge in [0, 0.05) is 22.4 Å². The fourth-order valence-electron chi connectivity index (χ4n) is 3.91. The van der Waals surface area contributed by atoms with Crippen molar-refractivity contribution < 1.29 is 18.0 Å². The van der Waals surface area contributed by atoms with Gasteiger partial charge in [-0.3, -0.25) is 4.79 Å². The molecule has 0 unspecified atom stereocenters. The SMILES string of the molecule is CC(C)c1ccc2oc(=O)cc(-c3oc4ccccc4c3NC(=O)c3ccccc3F)c2c1. The number of rotatable bonds is 4. The van der Waals surface area contributed by atoms with Crippen LogP contribution in [0.15, 0.2) is 86.4 Å². The first-order valence-electron chi connectivity index (χ1n) is 10.6. The Labute approximate surface area is 188 Å². The van der Waals surface area contributed by atoms with Gasteiger partial charge in [0.05, 0.1) is 11.3 Å². The van der Waals surface area contributed by atoms with E-state index in [2.05, 4.69) is 19.2 Å². The maximum absolute atomic E-state index is 14.2. The van der Waals surface area contributed by atoms with Gasteiger partial charge in [-0.05, 0) is 47.9 Å². The van der Waals surface area contributed by atoms with E-state index >= 15 is 0 Å². The number of halogens is 1. The number of hydrogen-bond acceptors (Lipinski definition) is 4. The van der Waals surface area contributed by atoms with Gasteiger partial charge in [-0.1, -0.05) is 44.2 Å². The average Bonchev–Trinajstić information content (AvgIpc) is 3.16. The normalized spacial score (nSPS) is 11.4. The fourth-order valence-corrected chi connectivity index (χ4v) is 3.91. The molecule has 0 radical (unpaired) electrons. The molecule has 0 aliphatic rings. The third-order valence-corrected chi connectivity index (χ3v) is 5.63. The van der Waals surface area contributed by atoms with E-state index in [0.29, 0.717) is 38.9 Å². The molecule has 0 atom stereocenters. The molecule has 0 aliphatic heterocycles. The van der Waals surface area contributed by atoms with Crippen LogP contribution >= 0.6 is 0 Å². The Bertz CT molecular complexity index is 1580. The highest BCUT2D eigenvalue weighted by molar-refractivity contribution is 6.13. The summed E-state index contributed by atoms with van der Waals surface area (Å²) in [6, 6.07) is 19.9. The molecular weight excluding hydrogens is 421 g/mol. The minimum absolute atomic E-state index is 0.0896. The largest absolute Gasteiger partial charge is 0.454 e. The Morgan fingerprint density at radius 1 is 0.879 bits per heavy atom. The Hall–Kier alpha value is -4.19. The maximum atomic E-state index is 14.2.